The molecule has 0 radical (unpaired) electrons. The summed E-state index contributed by atoms with van der Waals surface area (Å²) in [6.45, 7) is 3.14. The summed E-state index contributed by atoms with van der Waals surface area (Å²) < 4.78 is 5.45. The first kappa shape index (κ1) is 12.7. The van der Waals surface area contributed by atoms with Crippen molar-refractivity contribution in [3.8, 4) is 17.1 Å². The fourth-order valence-corrected chi connectivity index (χ4v) is 2.27. The number of benzene rings is 2. The van der Waals surface area contributed by atoms with Crippen LogP contribution in [0.25, 0.3) is 22.4 Å². The van der Waals surface area contributed by atoms with Crippen molar-refractivity contribution in [2.24, 2.45) is 5.73 Å². The maximum Gasteiger partial charge on any atom is 0.138 e. The standard InChI is InChI=1S/C16H17N3O/c1-2-20-13-8-6-11(7-9-13)16-18-14-5-3-4-12(10-17)15(14)19-16/h3-9H,2,10,17H2,1H3,(H,18,19). The monoisotopic (exact) mass is 267 g/mol. The van der Waals surface area contributed by atoms with Crippen molar-refractivity contribution in [3.63, 3.8) is 0 Å². The van der Waals surface area contributed by atoms with Crippen molar-refractivity contribution in [3.05, 3.63) is 48.0 Å². The van der Waals surface area contributed by atoms with Gasteiger partial charge in [-0.3, -0.25) is 0 Å². The van der Waals surface area contributed by atoms with E-state index in [0.29, 0.717) is 13.2 Å². The van der Waals surface area contributed by atoms with E-state index in [1.165, 1.54) is 0 Å². The number of aromatic amines is 1. The van der Waals surface area contributed by atoms with Gasteiger partial charge in [0.05, 0.1) is 17.6 Å². The van der Waals surface area contributed by atoms with Crippen LogP contribution >= 0.6 is 0 Å². The average Bonchev–Trinajstić information content (AvgIpc) is 2.92. The zero-order valence-corrected chi connectivity index (χ0v) is 11.4. The van der Waals surface area contributed by atoms with E-state index in [-0.39, 0.29) is 0 Å². The molecule has 1 aromatic heterocycles. The maximum absolute atomic E-state index is 5.75. The van der Waals surface area contributed by atoms with Crippen LogP contribution < -0.4 is 10.5 Å². The summed E-state index contributed by atoms with van der Waals surface area (Å²) in [7, 11) is 0. The molecule has 0 aliphatic rings. The summed E-state index contributed by atoms with van der Waals surface area (Å²) in [4.78, 5) is 7.98. The Labute approximate surface area is 117 Å². The highest BCUT2D eigenvalue weighted by Gasteiger charge is 2.08. The second-order valence-corrected chi connectivity index (χ2v) is 4.56. The number of nitrogens with zero attached hydrogens (tertiary/aromatic N) is 1. The Balaban J connectivity index is 2.01. The van der Waals surface area contributed by atoms with Gasteiger partial charge in [-0.05, 0) is 42.8 Å². The van der Waals surface area contributed by atoms with Crippen LogP contribution in [0.2, 0.25) is 0 Å². The van der Waals surface area contributed by atoms with Gasteiger partial charge in [-0.25, -0.2) is 4.98 Å². The molecule has 2 aromatic carbocycles. The molecule has 0 unspecified atom stereocenters. The highest BCUT2D eigenvalue weighted by molar-refractivity contribution is 5.82. The Morgan fingerprint density at radius 2 is 1.95 bits per heavy atom. The Morgan fingerprint density at radius 1 is 1.15 bits per heavy atom. The molecule has 0 aliphatic carbocycles. The van der Waals surface area contributed by atoms with Crippen LogP contribution in [-0.4, -0.2) is 16.6 Å². The minimum absolute atomic E-state index is 0.491. The first-order valence-corrected chi connectivity index (χ1v) is 6.72. The average molecular weight is 267 g/mol. The predicted molar refractivity (Wildman–Crippen MR) is 80.6 cm³/mol. The second-order valence-electron chi connectivity index (χ2n) is 4.56. The topological polar surface area (TPSA) is 63.9 Å². The van der Waals surface area contributed by atoms with E-state index in [1.807, 2.05) is 49.4 Å². The molecule has 0 fully saturated rings. The molecule has 3 N–H and O–H groups in total. The number of ether oxygens (including phenoxy) is 1. The molecule has 3 rings (SSSR count). The van der Waals surface area contributed by atoms with Crippen LogP contribution in [0.5, 0.6) is 5.75 Å². The number of imidazole rings is 1. The van der Waals surface area contributed by atoms with E-state index in [1.54, 1.807) is 0 Å². The van der Waals surface area contributed by atoms with Gasteiger partial charge < -0.3 is 15.5 Å². The van der Waals surface area contributed by atoms with Crippen molar-refractivity contribution in [2.45, 2.75) is 13.5 Å². The number of hydrogen-bond donors (Lipinski definition) is 2. The van der Waals surface area contributed by atoms with E-state index in [2.05, 4.69) is 9.97 Å². The highest BCUT2D eigenvalue weighted by atomic mass is 16.5. The normalized spacial score (nSPS) is 10.9. The number of para-hydroxylation sites is 1. The summed E-state index contributed by atoms with van der Waals surface area (Å²) >= 11 is 0. The summed E-state index contributed by atoms with van der Waals surface area (Å²) in [5.74, 6) is 1.72. The minimum atomic E-state index is 0.491. The number of hydrogen-bond acceptors (Lipinski definition) is 3. The van der Waals surface area contributed by atoms with E-state index in [4.69, 9.17) is 10.5 Å². The van der Waals surface area contributed by atoms with Crippen LogP contribution in [0.15, 0.2) is 42.5 Å². The van der Waals surface area contributed by atoms with Crippen molar-refractivity contribution in [1.29, 1.82) is 0 Å². The first-order valence-electron chi connectivity index (χ1n) is 6.72. The number of fused-ring (bicyclic) bond motifs is 1. The number of rotatable bonds is 4. The van der Waals surface area contributed by atoms with Gasteiger partial charge in [0.15, 0.2) is 0 Å². The Morgan fingerprint density at radius 3 is 2.65 bits per heavy atom. The van der Waals surface area contributed by atoms with Crippen molar-refractivity contribution >= 4 is 11.0 Å². The first-order chi connectivity index (χ1) is 9.81. The van der Waals surface area contributed by atoms with Crippen LogP contribution in [0.1, 0.15) is 12.5 Å². The van der Waals surface area contributed by atoms with Gasteiger partial charge in [-0.1, -0.05) is 12.1 Å². The third-order valence-corrected chi connectivity index (χ3v) is 3.25. The zero-order chi connectivity index (χ0) is 13.9. The smallest absolute Gasteiger partial charge is 0.138 e. The molecule has 3 aromatic rings. The van der Waals surface area contributed by atoms with Crippen molar-refractivity contribution < 1.29 is 4.74 Å². The molecule has 0 bridgehead atoms. The molecule has 0 saturated heterocycles. The van der Waals surface area contributed by atoms with E-state index >= 15 is 0 Å². The quantitative estimate of drug-likeness (QED) is 0.763. The fourth-order valence-electron chi connectivity index (χ4n) is 2.27. The van der Waals surface area contributed by atoms with Crippen LogP contribution in [0.4, 0.5) is 0 Å². The van der Waals surface area contributed by atoms with Gasteiger partial charge in [0, 0.05) is 12.1 Å². The summed E-state index contributed by atoms with van der Waals surface area (Å²) in [6.07, 6.45) is 0. The van der Waals surface area contributed by atoms with Crippen LogP contribution in [-0.2, 0) is 6.54 Å². The SMILES string of the molecule is CCOc1ccc(-c2nc3c(CN)cccc3[nH]2)cc1. The Kier molecular flexibility index (Phi) is 3.39. The summed E-state index contributed by atoms with van der Waals surface area (Å²) in [5, 5.41) is 0. The molecule has 4 nitrogen and oxygen atoms in total. The van der Waals surface area contributed by atoms with Gasteiger partial charge in [0.2, 0.25) is 0 Å². The van der Waals surface area contributed by atoms with Gasteiger partial charge in [-0.2, -0.15) is 0 Å². The maximum atomic E-state index is 5.75. The molecular weight excluding hydrogens is 250 g/mol. The molecule has 4 heteroatoms. The zero-order valence-electron chi connectivity index (χ0n) is 11.4. The lowest BCUT2D eigenvalue weighted by molar-refractivity contribution is 0.340. The number of aromatic nitrogens is 2. The lowest BCUT2D eigenvalue weighted by Crippen LogP contribution is -1.96. The predicted octanol–water partition coefficient (Wildman–Crippen LogP) is 3.09. The summed E-state index contributed by atoms with van der Waals surface area (Å²) in [6, 6.07) is 13.9. The third kappa shape index (κ3) is 2.26. The lowest BCUT2D eigenvalue weighted by atomic mass is 10.2. The number of nitrogens with two attached hydrogens (primary N) is 1. The molecule has 1 heterocycles. The number of H-pyrrole nitrogens is 1. The number of nitrogens with one attached hydrogen (secondary N) is 1. The Bertz CT molecular complexity index is 716. The minimum Gasteiger partial charge on any atom is -0.494 e. The van der Waals surface area contributed by atoms with E-state index < -0.39 is 0 Å². The van der Waals surface area contributed by atoms with E-state index in [0.717, 1.165) is 33.7 Å². The molecule has 20 heavy (non-hydrogen) atoms. The lowest BCUT2D eigenvalue weighted by Gasteiger charge is -2.02. The molecule has 0 atom stereocenters. The molecule has 0 amide bonds. The van der Waals surface area contributed by atoms with Crippen molar-refractivity contribution in [1.82, 2.24) is 9.97 Å². The van der Waals surface area contributed by atoms with Gasteiger partial charge in [-0.15, -0.1) is 0 Å². The largest absolute Gasteiger partial charge is 0.494 e. The fraction of sp³-hybridized carbons (Fsp3) is 0.188. The molecular formula is C16H17N3O. The van der Waals surface area contributed by atoms with Crippen LogP contribution in [0, 0.1) is 0 Å². The highest BCUT2D eigenvalue weighted by Crippen LogP contribution is 2.24. The van der Waals surface area contributed by atoms with Crippen LogP contribution in [0.3, 0.4) is 0 Å². The molecule has 0 spiro atoms. The Hall–Kier alpha value is -2.33. The molecule has 102 valence electrons. The van der Waals surface area contributed by atoms with Gasteiger partial charge in [0.1, 0.15) is 11.6 Å². The molecule has 0 aliphatic heterocycles. The third-order valence-electron chi connectivity index (χ3n) is 3.25. The summed E-state index contributed by atoms with van der Waals surface area (Å²) in [5.41, 5.74) is 9.79. The second kappa shape index (κ2) is 5.35. The van der Waals surface area contributed by atoms with E-state index in [9.17, 15) is 0 Å². The van der Waals surface area contributed by atoms with Gasteiger partial charge >= 0.3 is 0 Å². The molecule has 0 saturated carbocycles. The van der Waals surface area contributed by atoms with Gasteiger partial charge in [0.25, 0.3) is 0 Å². The van der Waals surface area contributed by atoms with Crippen molar-refractivity contribution in [2.75, 3.05) is 6.61 Å².